The molecule has 0 aliphatic carbocycles. The Balaban J connectivity index is 1.27. The second-order valence-corrected chi connectivity index (χ2v) is 8.82. The highest BCUT2D eigenvalue weighted by Gasteiger charge is 2.22. The fourth-order valence-electron chi connectivity index (χ4n) is 4.16. The van der Waals surface area contributed by atoms with Crippen molar-refractivity contribution in [3.05, 3.63) is 54.0 Å². The molecule has 4 heterocycles. The average Bonchev–Trinajstić information content (AvgIpc) is 3.46. The molecule has 33 heavy (non-hydrogen) atoms. The highest BCUT2D eigenvalue weighted by molar-refractivity contribution is 5.57. The molecule has 5 rings (SSSR count). The lowest BCUT2D eigenvalue weighted by Crippen LogP contribution is -2.36. The fourth-order valence-corrected chi connectivity index (χ4v) is 4.16. The molecule has 3 aromatic rings. The molecule has 0 radical (unpaired) electrons. The summed E-state index contributed by atoms with van der Waals surface area (Å²) in [7, 11) is 0. The molecule has 2 N–H and O–H groups in total. The Labute approximate surface area is 194 Å². The molecular formula is C24H32N8O. The van der Waals surface area contributed by atoms with Crippen LogP contribution in [0.15, 0.2) is 42.9 Å². The van der Waals surface area contributed by atoms with Gasteiger partial charge in [-0.15, -0.1) is 0 Å². The predicted molar refractivity (Wildman–Crippen MR) is 129 cm³/mol. The van der Waals surface area contributed by atoms with Crippen molar-refractivity contribution in [2.45, 2.75) is 39.9 Å². The van der Waals surface area contributed by atoms with E-state index in [2.05, 4.69) is 68.8 Å². The van der Waals surface area contributed by atoms with Gasteiger partial charge in [0.25, 0.3) is 0 Å². The largest absolute Gasteiger partial charge is 0.378 e. The summed E-state index contributed by atoms with van der Waals surface area (Å²) >= 11 is 0. The van der Waals surface area contributed by atoms with Gasteiger partial charge in [-0.1, -0.05) is 32.4 Å². The number of hydrogen-bond acceptors (Lipinski definition) is 8. The van der Waals surface area contributed by atoms with Crippen LogP contribution in [0.2, 0.25) is 0 Å². The lowest BCUT2D eigenvalue weighted by molar-refractivity contribution is 0.122. The fraction of sp³-hybridized carbons (Fsp3) is 0.458. The molecule has 0 spiro atoms. The average molecular weight is 449 g/mol. The second-order valence-electron chi connectivity index (χ2n) is 8.82. The standard InChI is InChI=1S/C24H32N8O/c1-3-18(2)15-31-17-21(14-26-31)28-24-25-12-20-13-27-32(23(20)29-24)16-19-5-4-6-22(11-19)30-7-9-33-10-8-30/h4-6,11-12,14,17-18,27H,3,7-10,13,15-16H2,1-2H3,(H,25,28,29). The number of nitrogens with zero attached hydrogens (tertiary/aromatic N) is 6. The van der Waals surface area contributed by atoms with E-state index in [1.165, 1.54) is 11.3 Å². The Hall–Kier alpha value is -3.17. The Morgan fingerprint density at radius 2 is 2.09 bits per heavy atom. The minimum atomic E-state index is 0.576. The quantitative estimate of drug-likeness (QED) is 0.543. The number of nitrogens with one attached hydrogen (secondary N) is 2. The van der Waals surface area contributed by atoms with Gasteiger partial charge in [0.15, 0.2) is 5.82 Å². The van der Waals surface area contributed by atoms with Crippen molar-refractivity contribution in [2.24, 2.45) is 5.92 Å². The maximum Gasteiger partial charge on any atom is 0.229 e. The topological polar surface area (TPSA) is 83.4 Å². The van der Waals surface area contributed by atoms with Gasteiger partial charge in [0, 0.05) is 49.8 Å². The van der Waals surface area contributed by atoms with E-state index in [0.717, 1.165) is 69.4 Å². The van der Waals surface area contributed by atoms with E-state index < -0.39 is 0 Å². The Bertz CT molecular complexity index is 1080. The molecule has 0 bridgehead atoms. The first-order valence-corrected chi connectivity index (χ1v) is 11.8. The van der Waals surface area contributed by atoms with Gasteiger partial charge in [0.05, 0.1) is 31.6 Å². The van der Waals surface area contributed by atoms with E-state index in [9.17, 15) is 0 Å². The third-order valence-corrected chi connectivity index (χ3v) is 6.27. The number of anilines is 4. The van der Waals surface area contributed by atoms with Gasteiger partial charge in [-0.3, -0.25) is 9.69 Å². The van der Waals surface area contributed by atoms with Gasteiger partial charge in [0.1, 0.15) is 0 Å². The van der Waals surface area contributed by atoms with Crippen LogP contribution in [0.25, 0.3) is 0 Å². The predicted octanol–water partition coefficient (Wildman–Crippen LogP) is 3.32. The molecule has 1 unspecified atom stereocenters. The maximum absolute atomic E-state index is 5.49. The molecule has 1 fully saturated rings. The van der Waals surface area contributed by atoms with Crippen LogP contribution in [0.4, 0.5) is 23.1 Å². The molecule has 9 heteroatoms. The van der Waals surface area contributed by atoms with E-state index in [0.29, 0.717) is 11.9 Å². The van der Waals surface area contributed by atoms with Gasteiger partial charge in [0.2, 0.25) is 5.95 Å². The number of aromatic nitrogens is 4. The number of ether oxygens (including phenoxy) is 1. The van der Waals surface area contributed by atoms with E-state index in [1.54, 1.807) is 0 Å². The Morgan fingerprint density at radius 1 is 1.21 bits per heavy atom. The summed E-state index contributed by atoms with van der Waals surface area (Å²) in [6.07, 6.45) is 6.86. The number of morpholine rings is 1. The zero-order chi connectivity index (χ0) is 22.6. The lowest BCUT2D eigenvalue weighted by Gasteiger charge is -2.29. The first-order chi connectivity index (χ1) is 16.2. The number of hydrazine groups is 1. The highest BCUT2D eigenvalue weighted by atomic mass is 16.5. The summed E-state index contributed by atoms with van der Waals surface area (Å²) in [6.45, 7) is 10.2. The van der Waals surface area contributed by atoms with Gasteiger partial charge in [-0.2, -0.15) is 10.1 Å². The van der Waals surface area contributed by atoms with Crippen LogP contribution in [0.5, 0.6) is 0 Å². The Morgan fingerprint density at radius 3 is 2.94 bits per heavy atom. The highest BCUT2D eigenvalue weighted by Crippen LogP contribution is 2.27. The molecule has 9 nitrogen and oxygen atoms in total. The summed E-state index contributed by atoms with van der Waals surface area (Å²) in [4.78, 5) is 11.7. The molecule has 1 aromatic carbocycles. The third kappa shape index (κ3) is 5.09. The molecule has 2 aliphatic rings. The van der Waals surface area contributed by atoms with Crippen LogP contribution in [-0.2, 0) is 24.4 Å². The zero-order valence-electron chi connectivity index (χ0n) is 19.4. The summed E-state index contributed by atoms with van der Waals surface area (Å²) in [5, 5.41) is 9.86. The van der Waals surface area contributed by atoms with E-state index >= 15 is 0 Å². The minimum Gasteiger partial charge on any atom is -0.378 e. The molecule has 1 atom stereocenters. The molecule has 1 saturated heterocycles. The molecular weight excluding hydrogens is 416 g/mol. The maximum atomic E-state index is 5.49. The first-order valence-electron chi connectivity index (χ1n) is 11.8. The van der Waals surface area contributed by atoms with E-state index in [4.69, 9.17) is 9.72 Å². The smallest absolute Gasteiger partial charge is 0.229 e. The van der Waals surface area contributed by atoms with E-state index in [1.807, 2.05) is 23.3 Å². The third-order valence-electron chi connectivity index (χ3n) is 6.27. The van der Waals surface area contributed by atoms with Crippen molar-refractivity contribution < 1.29 is 4.74 Å². The molecule has 2 aliphatic heterocycles. The Kier molecular flexibility index (Phi) is 6.41. The SMILES string of the molecule is CCC(C)Cn1cc(Nc2ncc3c(n2)N(Cc2cccc(N4CCOCC4)c2)NC3)cn1. The van der Waals surface area contributed by atoms with Crippen LogP contribution in [0, 0.1) is 5.92 Å². The second kappa shape index (κ2) is 9.76. The summed E-state index contributed by atoms with van der Waals surface area (Å²) in [5.74, 6) is 2.08. The summed E-state index contributed by atoms with van der Waals surface area (Å²) in [6, 6.07) is 8.72. The number of hydrogen-bond donors (Lipinski definition) is 2. The lowest BCUT2D eigenvalue weighted by atomic mass is 10.1. The van der Waals surface area contributed by atoms with Crippen LogP contribution < -0.4 is 20.7 Å². The summed E-state index contributed by atoms with van der Waals surface area (Å²) in [5.41, 5.74) is 7.92. The van der Waals surface area contributed by atoms with Gasteiger partial charge in [-0.05, 0) is 23.6 Å². The van der Waals surface area contributed by atoms with E-state index in [-0.39, 0.29) is 0 Å². The van der Waals surface area contributed by atoms with Crippen LogP contribution in [-0.4, -0.2) is 46.1 Å². The van der Waals surface area contributed by atoms with Crippen LogP contribution in [0.3, 0.4) is 0 Å². The van der Waals surface area contributed by atoms with Gasteiger partial charge >= 0.3 is 0 Å². The molecule has 174 valence electrons. The van der Waals surface area contributed by atoms with Crippen molar-refractivity contribution in [1.82, 2.24) is 25.2 Å². The number of fused-ring (bicyclic) bond motifs is 1. The normalized spacial score (nSPS) is 16.7. The molecule has 0 amide bonds. The molecule has 0 saturated carbocycles. The van der Waals surface area contributed by atoms with Gasteiger partial charge < -0.3 is 15.0 Å². The monoisotopic (exact) mass is 448 g/mol. The number of rotatable bonds is 8. The van der Waals surface area contributed by atoms with Crippen molar-refractivity contribution in [2.75, 3.05) is 41.5 Å². The number of benzene rings is 1. The molecule has 2 aromatic heterocycles. The van der Waals surface area contributed by atoms with Crippen molar-refractivity contribution in [3.63, 3.8) is 0 Å². The van der Waals surface area contributed by atoms with Crippen LogP contribution >= 0.6 is 0 Å². The summed E-state index contributed by atoms with van der Waals surface area (Å²) < 4.78 is 7.46. The van der Waals surface area contributed by atoms with Gasteiger partial charge in [-0.25, -0.2) is 10.4 Å². The van der Waals surface area contributed by atoms with Crippen molar-refractivity contribution >= 4 is 23.1 Å². The first kappa shape index (κ1) is 21.7. The minimum absolute atomic E-state index is 0.576. The van der Waals surface area contributed by atoms with Crippen molar-refractivity contribution in [3.8, 4) is 0 Å². The zero-order valence-corrected chi connectivity index (χ0v) is 19.4. The van der Waals surface area contributed by atoms with Crippen LogP contribution in [0.1, 0.15) is 31.4 Å². The van der Waals surface area contributed by atoms with Crippen molar-refractivity contribution in [1.29, 1.82) is 0 Å².